The molecule has 0 spiro atoms. The Balaban J connectivity index is 1.62. The molecule has 0 aromatic heterocycles. The van der Waals surface area contributed by atoms with Crippen LogP contribution in [0.3, 0.4) is 0 Å². The number of hydrogen-bond donors (Lipinski definition) is 1. The molecule has 0 bridgehead atoms. The molecule has 4 nitrogen and oxygen atoms in total. The second-order valence-electron chi connectivity index (χ2n) is 7.93. The highest BCUT2D eigenvalue weighted by Gasteiger charge is 2.53. The van der Waals surface area contributed by atoms with Crippen LogP contribution >= 0.6 is 0 Å². The van der Waals surface area contributed by atoms with Crippen LogP contribution in [-0.2, 0) is 16.1 Å². The largest absolute Gasteiger partial charge is 0.497 e. The van der Waals surface area contributed by atoms with E-state index in [2.05, 4.69) is 36.7 Å². The fourth-order valence-electron chi connectivity index (χ4n) is 5.75. The molecule has 0 unspecified atom stereocenters. The Bertz CT molecular complexity index is 726. The summed E-state index contributed by atoms with van der Waals surface area (Å²) in [5.41, 5.74) is 6.39. The molecule has 1 amide bonds. The Morgan fingerprint density at radius 1 is 1.28 bits per heavy atom. The average molecular weight is 341 g/mol. The summed E-state index contributed by atoms with van der Waals surface area (Å²) < 4.78 is 5.40. The summed E-state index contributed by atoms with van der Waals surface area (Å²) in [5, 5.41) is 0. The van der Waals surface area contributed by atoms with E-state index in [1.807, 2.05) is 0 Å². The van der Waals surface area contributed by atoms with Crippen LogP contribution in [0.5, 0.6) is 5.75 Å². The van der Waals surface area contributed by atoms with Gasteiger partial charge < -0.3 is 4.74 Å². The minimum atomic E-state index is -0.0631. The lowest BCUT2D eigenvalue weighted by Crippen LogP contribution is -2.43. The van der Waals surface area contributed by atoms with Crippen LogP contribution < -0.4 is 10.2 Å². The highest BCUT2D eigenvalue weighted by atomic mass is 16.6. The topological polar surface area (TPSA) is 47.6 Å². The van der Waals surface area contributed by atoms with Gasteiger partial charge >= 0.3 is 0 Å². The molecular formula is C21H27NO3. The Kier molecular flexibility index (Phi) is 4.11. The van der Waals surface area contributed by atoms with Crippen molar-refractivity contribution in [2.45, 2.75) is 44.9 Å². The Morgan fingerprint density at radius 3 is 2.88 bits per heavy atom. The van der Waals surface area contributed by atoms with E-state index in [1.165, 1.54) is 24.7 Å². The summed E-state index contributed by atoms with van der Waals surface area (Å²) in [6.45, 7) is 2.28. The van der Waals surface area contributed by atoms with E-state index in [9.17, 15) is 4.79 Å². The van der Waals surface area contributed by atoms with Gasteiger partial charge in [0.25, 0.3) is 5.91 Å². The van der Waals surface area contributed by atoms with Crippen molar-refractivity contribution in [3.63, 3.8) is 0 Å². The van der Waals surface area contributed by atoms with Gasteiger partial charge in [-0.05, 0) is 73.1 Å². The molecule has 0 aliphatic heterocycles. The maximum Gasteiger partial charge on any atom is 0.270 e. The van der Waals surface area contributed by atoms with Gasteiger partial charge in [-0.1, -0.05) is 19.1 Å². The lowest BCUT2D eigenvalue weighted by Gasteiger charge is -2.50. The molecule has 3 aliphatic rings. The molecular weight excluding hydrogens is 314 g/mol. The monoisotopic (exact) mass is 341 g/mol. The number of allylic oxidation sites excluding steroid dienone is 1. The second kappa shape index (κ2) is 6.17. The number of hydrogen-bond acceptors (Lipinski definition) is 3. The van der Waals surface area contributed by atoms with Crippen LogP contribution in [-0.4, -0.2) is 20.1 Å². The van der Waals surface area contributed by atoms with E-state index in [0.717, 1.165) is 37.0 Å². The molecule has 1 fully saturated rings. The van der Waals surface area contributed by atoms with Gasteiger partial charge in [0.2, 0.25) is 0 Å². The summed E-state index contributed by atoms with van der Waals surface area (Å²) in [6, 6.07) is 6.58. The van der Waals surface area contributed by atoms with Crippen molar-refractivity contribution >= 4 is 5.91 Å². The molecule has 4 atom stereocenters. The Labute approximate surface area is 149 Å². The van der Waals surface area contributed by atoms with E-state index in [-0.39, 0.29) is 11.3 Å². The maximum absolute atomic E-state index is 12.4. The molecule has 4 heteroatoms. The molecule has 4 rings (SSSR count). The van der Waals surface area contributed by atoms with Crippen molar-refractivity contribution in [2.24, 2.45) is 17.3 Å². The number of fused-ring (bicyclic) bond motifs is 5. The third-order valence-corrected chi connectivity index (χ3v) is 6.95. The van der Waals surface area contributed by atoms with Crippen molar-refractivity contribution in [3.8, 4) is 5.75 Å². The van der Waals surface area contributed by atoms with Gasteiger partial charge in [0.15, 0.2) is 0 Å². The predicted molar refractivity (Wildman–Crippen MR) is 96.2 cm³/mol. The number of carbonyl (C=O) groups excluding carboxylic acids is 1. The van der Waals surface area contributed by atoms with Crippen molar-refractivity contribution in [1.82, 2.24) is 5.48 Å². The number of amides is 1. The molecule has 25 heavy (non-hydrogen) atoms. The van der Waals surface area contributed by atoms with Gasteiger partial charge in [0, 0.05) is 11.0 Å². The number of carbonyl (C=O) groups is 1. The number of nitrogens with one attached hydrogen (secondary N) is 1. The van der Waals surface area contributed by atoms with Crippen LogP contribution in [0.25, 0.3) is 0 Å². The molecule has 1 aromatic carbocycles. The minimum absolute atomic E-state index is 0.0201. The first-order chi connectivity index (χ1) is 12.1. The number of rotatable bonds is 3. The molecule has 1 N–H and O–H groups in total. The normalized spacial score (nSPS) is 32.9. The molecule has 3 aliphatic carbocycles. The lowest BCUT2D eigenvalue weighted by atomic mass is 9.54. The van der Waals surface area contributed by atoms with Crippen molar-refractivity contribution < 1.29 is 14.4 Å². The molecule has 134 valence electrons. The quantitative estimate of drug-likeness (QED) is 0.852. The highest BCUT2D eigenvalue weighted by molar-refractivity contribution is 5.94. The maximum atomic E-state index is 12.4. The van der Waals surface area contributed by atoms with Gasteiger partial charge in [-0.2, -0.15) is 0 Å². The summed E-state index contributed by atoms with van der Waals surface area (Å²) in [5.74, 6) is 2.72. The number of aryl methyl sites for hydroxylation is 1. The van der Waals surface area contributed by atoms with Crippen LogP contribution in [0.4, 0.5) is 0 Å². The molecule has 0 radical (unpaired) electrons. The SMILES string of the molecule is CONC(=O)C1=CC[C@H]2[C@@H]3CCc4cc(OC)ccc4[C@H]3CC[C@]12C. The first-order valence-electron chi connectivity index (χ1n) is 9.29. The van der Waals surface area contributed by atoms with Gasteiger partial charge in [0.05, 0.1) is 14.2 Å². The van der Waals surface area contributed by atoms with Crippen LogP contribution in [0.2, 0.25) is 0 Å². The van der Waals surface area contributed by atoms with Crippen LogP contribution in [0, 0.1) is 17.3 Å². The lowest BCUT2D eigenvalue weighted by molar-refractivity contribution is -0.129. The molecule has 1 aromatic rings. The minimum Gasteiger partial charge on any atom is -0.497 e. The third-order valence-electron chi connectivity index (χ3n) is 6.95. The number of hydroxylamine groups is 1. The van der Waals surface area contributed by atoms with Crippen molar-refractivity contribution in [3.05, 3.63) is 41.0 Å². The smallest absolute Gasteiger partial charge is 0.270 e. The fourth-order valence-corrected chi connectivity index (χ4v) is 5.75. The molecule has 0 heterocycles. The average Bonchev–Trinajstić information content (AvgIpc) is 2.98. The zero-order valence-electron chi connectivity index (χ0n) is 15.3. The van der Waals surface area contributed by atoms with E-state index >= 15 is 0 Å². The van der Waals surface area contributed by atoms with Crippen molar-refractivity contribution in [2.75, 3.05) is 14.2 Å². The first kappa shape index (κ1) is 16.6. The Hall–Kier alpha value is -1.81. The molecule has 0 saturated heterocycles. The molecule has 1 saturated carbocycles. The first-order valence-corrected chi connectivity index (χ1v) is 9.29. The second-order valence-corrected chi connectivity index (χ2v) is 7.93. The van der Waals surface area contributed by atoms with E-state index in [1.54, 1.807) is 7.11 Å². The van der Waals surface area contributed by atoms with Gasteiger partial charge in [0.1, 0.15) is 5.75 Å². The summed E-state index contributed by atoms with van der Waals surface area (Å²) in [4.78, 5) is 17.3. The van der Waals surface area contributed by atoms with E-state index in [0.29, 0.717) is 17.8 Å². The third kappa shape index (κ3) is 2.50. The van der Waals surface area contributed by atoms with E-state index < -0.39 is 0 Å². The van der Waals surface area contributed by atoms with Gasteiger partial charge in [-0.3, -0.25) is 9.63 Å². The van der Waals surface area contributed by atoms with Crippen molar-refractivity contribution in [1.29, 1.82) is 0 Å². The summed E-state index contributed by atoms with van der Waals surface area (Å²) in [6.07, 6.45) is 7.69. The van der Waals surface area contributed by atoms with Gasteiger partial charge in [-0.25, -0.2) is 5.48 Å². The summed E-state index contributed by atoms with van der Waals surface area (Å²) in [7, 11) is 3.23. The highest BCUT2D eigenvalue weighted by Crippen LogP contribution is 2.61. The Morgan fingerprint density at radius 2 is 2.12 bits per heavy atom. The zero-order chi connectivity index (χ0) is 17.6. The summed E-state index contributed by atoms with van der Waals surface area (Å²) >= 11 is 0. The van der Waals surface area contributed by atoms with Crippen LogP contribution in [0.1, 0.15) is 49.7 Å². The standard InChI is InChI=1S/C21H27NO3/c1-21-11-10-16-15-7-5-14(24-2)12-13(15)4-6-17(16)18(21)8-9-19(21)20(23)22-25-3/h5,7,9,12,16-18H,4,6,8,10-11H2,1-3H3,(H,22,23)/t16-,17-,18+,21+/m1/s1. The number of benzene rings is 1. The van der Waals surface area contributed by atoms with Gasteiger partial charge in [-0.15, -0.1) is 0 Å². The zero-order valence-corrected chi connectivity index (χ0v) is 15.3. The van der Waals surface area contributed by atoms with Crippen LogP contribution in [0.15, 0.2) is 29.8 Å². The number of ether oxygens (including phenoxy) is 1. The number of methoxy groups -OCH3 is 1. The fraction of sp³-hybridized carbons (Fsp3) is 0.571. The predicted octanol–water partition coefficient (Wildman–Crippen LogP) is 3.77. The van der Waals surface area contributed by atoms with E-state index in [4.69, 9.17) is 9.57 Å².